The molecule has 2 aliphatic rings. The Hall–Kier alpha value is -2.44. The molecule has 2 fully saturated rings. The summed E-state index contributed by atoms with van der Waals surface area (Å²) in [5, 5.41) is 0.900. The summed E-state index contributed by atoms with van der Waals surface area (Å²) in [5.74, 6) is 0. The van der Waals surface area contributed by atoms with Gasteiger partial charge in [-0.05, 0) is 23.8 Å². The van der Waals surface area contributed by atoms with E-state index in [4.69, 9.17) is 32.7 Å². The Morgan fingerprint density at radius 2 is 1.83 bits per heavy atom. The fourth-order valence-corrected chi connectivity index (χ4v) is 4.19. The molecule has 0 N–H and O–H groups in total. The number of nitrogens with zero attached hydrogens (tertiary/aromatic N) is 2. The zero-order valence-electron chi connectivity index (χ0n) is 15.6. The minimum absolute atomic E-state index is 0.235. The van der Waals surface area contributed by atoms with Crippen molar-refractivity contribution >= 4 is 41.1 Å². The average molecular weight is 435 g/mol. The van der Waals surface area contributed by atoms with Crippen LogP contribution in [0.25, 0.3) is 0 Å². The van der Waals surface area contributed by atoms with Gasteiger partial charge in [-0.1, -0.05) is 53.5 Å². The SMILES string of the molecule is O=C(OCc1ccccc1)N1CCC2(CC1)CN(c1ccc(Cl)cc1Cl)C(=O)O2. The van der Waals surface area contributed by atoms with E-state index in [0.717, 1.165) is 5.56 Å². The van der Waals surface area contributed by atoms with E-state index in [2.05, 4.69) is 0 Å². The lowest BCUT2D eigenvalue weighted by atomic mass is 9.91. The van der Waals surface area contributed by atoms with Gasteiger partial charge in [-0.15, -0.1) is 0 Å². The number of ether oxygens (including phenoxy) is 2. The Bertz CT molecular complexity index is 914. The van der Waals surface area contributed by atoms with Crippen LogP contribution in [0.3, 0.4) is 0 Å². The molecule has 0 aromatic heterocycles. The molecule has 152 valence electrons. The van der Waals surface area contributed by atoms with Gasteiger partial charge in [-0.2, -0.15) is 0 Å². The van der Waals surface area contributed by atoms with Crippen molar-refractivity contribution in [1.82, 2.24) is 4.90 Å². The van der Waals surface area contributed by atoms with Gasteiger partial charge in [0.1, 0.15) is 12.2 Å². The maximum atomic E-state index is 12.5. The second kappa shape index (κ2) is 8.13. The second-order valence-corrected chi connectivity index (χ2v) is 8.10. The normalized spacial score (nSPS) is 18.1. The van der Waals surface area contributed by atoms with Crippen LogP contribution in [0.4, 0.5) is 15.3 Å². The van der Waals surface area contributed by atoms with Crippen molar-refractivity contribution in [2.75, 3.05) is 24.5 Å². The number of carbonyl (C=O) groups is 2. The molecule has 4 rings (SSSR count). The summed E-state index contributed by atoms with van der Waals surface area (Å²) in [7, 11) is 0. The quantitative estimate of drug-likeness (QED) is 0.672. The maximum absolute atomic E-state index is 12.5. The van der Waals surface area contributed by atoms with Gasteiger partial charge in [0.15, 0.2) is 0 Å². The number of rotatable bonds is 3. The summed E-state index contributed by atoms with van der Waals surface area (Å²) < 4.78 is 11.1. The molecule has 1 spiro atoms. The number of anilines is 1. The molecule has 2 amide bonds. The highest BCUT2D eigenvalue weighted by Gasteiger charge is 2.48. The van der Waals surface area contributed by atoms with E-state index in [9.17, 15) is 9.59 Å². The van der Waals surface area contributed by atoms with Crippen molar-refractivity contribution in [2.24, 2.45) is 0 Å². The summed E-state index contributed by atoms with van der Waals surface area (Å²) >= 11 is 12.2. The van der Waals surface area contributed by atoms with Gasteiger partial charge in [-0.25, -0.2) is 9.59 Å². The molecule has 2 aromatic rings. The summed E-state index contributed by atoms with van der Waals surface area (Å²) in [6, 6.07) is 14.5. The number of hydrogen-bond acceptors (Lipinski definition) is 4. The lowest BCUT2D eigenvalue weighted by molar-refractivity contribution is -0.00107. The summed E-state index contributed by atoms with van der Waals surface area (Å²) in [5.41, 5.74) is 0.883. The molecular formula is C21H20Cl2N2O4. The molecule has 0 bridgehead atoms. The smallest absolute Gasteiger partial charge is 0.415 e. The molecule has 29 heavy (non-hydrogen) atoms. The molecule has 0 atom stereocenters. The first-order valence-corrected chi connectivity index (χ1v) is 10.1. The van der Waals surface area contributed by atoms with E-state index >= 15 is 0 Å². The zero-order chi connectivity index (χ0) is 20.4. The van der Waals surface area contributed by atoms with E-state index in [0.29, 0.717) is 48.2 Å². The molecule has 6 nitrogen and oxygen atoms in total. The Morgan fingerprint density at radius 1 is 1.10 bits per heavy atom. The van der Waals surface area contributed by atoms with Crippen molar-refractivity contribution in [3.8, 4) is 0 Å². The summed E-state index contributed by atoms with van der Waals surface area (Å²) in [6.45, 7) is 1.55. The Morgan fingerprint density at radius 3 is 2.52 bits per heavy atom. The first-order chi connectivity index (χ1) is 14.0. The fraction of sp³-hybridized carbons (Fsp3) is 0.333. The number of piperidine rings is 1. The van der Waals surface area contributed by atoms with Crippen molar-refractivity contribution in [3.63, 3.8) is 0 Å². The van der Waals surface area contributed by atoms with Crippen LogP contribution in [0.5, 0.6) is 0 Å². The standard InChI is InChI=1S/C21H20Cl2N2O4/c22-16-6-7-18(17(23)12-16)25-14-21(29-20(25)27)8-10-24(11-9-21)19(26)28-13-15-4-2-1-3-5-15/h1-7,12H,8-11,13-14H2. The van der Waals surface area contributed by atoms with Crippen LogP contribution in [-0.4, -0.2) is 42.3 Å². The molecule has 2 aliphatic heterocycles. The van der Waals surface area contributed by atoms with Crippen LogP contribution in [0.15, 0.2) is 48.5 Å². The van der Waals surface area contributed by atoms with Gasteiger partial charge in [0.05, 0.1) is 17.3 Å². The highest BCUT2D eigenvalue weighted by atomic mass is 35.5. The highest BCUT2D eigenvalue weighted by molar-refractivity contribution is 6.36. The average Bonchev–Trinajstić information content (AvgIpc) is 3.03. The first kappa shape index (κ1) is 19.9. The van der Waals surface area contributed by atoms with Gasteiger partial charge in [0.2, 0.25) is 0 Å². The van der Waals surface area contributed by atoms with Gasteiger partial charge in [0.25, 0.3) is 0 Å². The number of carbonyl (C=O) groups excluding carboxylic acids is 2. The van der Waals surface area contributed by atoms with Crippen LogP contribution >= 0.6 is 23.2 Å². The van der Waals surface area contributed by atoms with E-state index in [1.54, 1.807) is 23.1 Å². The molecule has 2 aromatic carbocycles. The van der Waals surface area contributed by atoms with Crippen LogP contribution < -0.4 is 4.90 Å². The summed E-state index contributed by atoms with van der Waals surface area (Å²) in [4.78, 5) is 28.0. The zero-order valence-corrected chi connectivity index (χ0v) is 17.2. The van der Waals surface area contributed by atoms with Gasteiger partial charge in [-0.3, -0.25) is 4.90 Å². The molecule has 0 radical (unpaired) electrons. The van der Waals surface area contributed by atoms with Crippen molar-refractivity contribution in [1.29, 1.82) is 0 Å². The van der Waals surface area contributed by atoms with Gasteiger partial charge < -0.3 is 14.4 Å². The molecule has 2 heterocycles. The minimum atomic E-state index is -0.629. The van der Waals surface area contributed by atoms with Crippen LogP contribution in [0.1, 0.15) is 18.4 Å². The lowest BCUT2D eigenvalue weighted by Gasteiger charge is -2.36. The molecule has 2 saturated heterocycles. The molecular weight excluding hydrogens is 415 g/mol. The predicted molar refractivity (Wildman–Crippen MR) is 110 cm³/mol. The largest absolute Gasteiger partial charge is 0.445 e. The monoisotopic (exact) mass is 434 g/mol. The number of benzene rings is 2. The predicted octanol–water partition coefficient (Wildman–Crippen LogP) is 5.12. The van der Waals surface area contributed by atoms with Crippen LogP contribution in [0, 0.1) is 0 Å². The maximum Gasteiger partial charge on any atom is 0.415 e. The van der Waals surface area contributed by atoms with Crippen molar-refractivity contribution in [2.45, 2.75) is 25.0 Å². The van der Waals surface area contributed by atoms with E-state index in [1.165, 1.54) is 4.90 Å². The lowest BCUT2D eigenvalue weighted by Crippen LogP contribution is -2.48. The van der Waals surface area contributed by atoms with Crippen LogP contribution in [-0.2, 0) is 16.1 Å². The molecule has 0 unspecified atom stereocenters. The number of amides is 2. The van der Waals surface area contributed by atoms with Crippen molar-refractivity contribution < 1.29 is 19.1 Å². The third kappa shape index (κ3) is 4.28. The molecule has 0 aliphatic carbocycles. The Balaban J connectivity index is 1.35. The summed E-state index contributed by atoms with van der Waals surface area (Å²) in [6.07, 6.45) is 0.293. The number of halogens is 2. The highest BCUT2D eigenvalue weighted by Crippen LogP contribution is 2.38. The Kier molecular flexibility index (Phi) is 5.56. The minimum Gasteiger partial charge on any atom is -0.445 e. The van der Waals surface area contributed by atoms with E-state index < -0.39 is 11.7 Å². The Labute approximate surface area is 178 Å². The molecule has 8 heteroatoms. The number of likely N-dealkylation sites (tertiary alicyclic amines) is 1. The first-order valence-electron chi connectivity index (χ1n) is 9.37. The van der Waals surface area contributed by atoms with Crippen molar-refractivity contribution in [3.05, 3.63) is 64.1 Å². The third-order valence-corrected chi connectivity index (χ3v) is 5.85. The second-order valence-electron chi connectivity index (χ2n) is 7.26. The fourth-order valence-electron chi connectivity index (χ4n) is 3.68. The van der Waals surface area contributed by atoms with E-state index in [-0.39, 0.29) is 12.7 Å². The van der Waals surface area contributed by atoms with E-state index in [1.807, 2.05) is 30.3 Å². The third-order valence-electron chi connectivity index (χ3n) is 5.31. The van der Waals surface area contributed by atoms with Gasteiger partial charge >= 0.3 is 12.2 Å². The molecule has 0 saturated carbocycles. The number of hydrogen-bond donors (Lipinski definition) is 0. The van der Waals surface area contributed by atoms with Crippen LogP contribution in [0.2, 0.25) is 10.0 Å². The topological polar surface area (TPSA) is 59.1 Å². The van der Waals surface area contributed by atoms with Gasteiger partial charge in [0, 0.05) is 31.0 Å².